The van der Waals surface area contributed by atoms with Crippen LogP contribution in [0.25, 0.3) is 0 Å². The molecule has 3 amide bonds. The zero-order chi connectivity index (χ0) is 27.5. The minimum atomic E-state index is -1.23. The Hall–Kier alpha value is -3.68. The van der Waals surface area contributed by atoms with E-state index in [1.807, 2.05) is 13.8 Å². The summed E-state index contributed by atoms with van der Waals surface area (Å²) >= 11 is 0. The van der Waals surface area contributed by atoms with E-state index in [1.165, 1.54) is 17.4 Å². The van der Waals surface area contributed by atoms with Crippen LogP contribution in [0.5, 0.6) is 0 Å². The summed E-state index contributed by atoms with van der Waals surface area (Å²) in [5.41, 5.74) is 17.2. The second kappa shape index (κ2) is 14.2. The van der Waals surface area contributed by atoms with Gasteiger partial charge in [0, 0.05) is 31.4 Å². The molecule has 2 heterocycles. The predicted molar refractivity (Wildman–Crippen MR) is 136 cm³/mol. The number of carbonyl (C=O) groups is 4. The van der Waals surface area contributed by atoms with Crippen LogP contribution in [-0.4, -0.2) is 86.9 Å². The predicted octanol–water partition coefficient (Wildman–Crippen LogP) is -1.58. The van der Waals surface area contributed by atoms with Crippen LogP contribution in [0.3, 0.4) is 0 Å². The first-order chi connectivity index (χ1) is 17.5. The average Bonchev–Trinajstić information content (AvgIpc) is 3.51. The number of amides is 3. The second-order valence-corrected chi connectivity index (χ2v) is 9.62. The van der Waals surface area contributed by atoms with Gasteiger partial charge in [0.1, 0.15) is 18.1 Å². The van der Waals surface area contributed by atoms with Gasteiger partial charge in [-0.2, -0.15) is 0 Å². The number of nitrogens with one attached hydrogen (secondary N) is 3. The molecule has 1 aliphatic rings. The first kappa shape index (κ1) is 29.5. The van der Waals surface area contributed by atoms with Crippen molar-refractivity contribution in [3.8, 4) is 0 Å². The molecule has 10 N–H and O–H groups in total. The van der Waals surface area contributed by atoms with E-state index < -0.39 is 42.0 Å². The summed E-state index contributed by atoms with van der Waals surface area (Å²) in [6, 6.07) is -3.79. The molecule has 14 heteroatoms. The maximum atomic E-state index is 13.2. The molecule has 0 spiro atoms. The molecule has 0 saturated carbocycles. The number of hydrogen-bond donors (Lipinski definition) is 7. The molecule has 0 aliphatic carbocycles. The van der Waals surface area contributed by atoms with Gasteiger partial charge in [-0.3, -0.25) is 19.4 Å². The highest BCUT2D eigenvalue weighted by Crippen LogP contribution is 2.20. The van der Waals surface area contributed by atoms with E-state index in [2.05, 4.69) is 25.6 Å². The van der Waals surface area contributed by atoms with Crippen LogP contribution in [-0.2, 0) is 25.6 Å². The van der Waals surface area contributed by atoms with E-state index in [9.17, 15) is 24.3 Å². The minimum absolute atomic E-state index is 0.0471. The van der Waals surface area contributed by atoms with Gasteiger partial charge in [0.25, 0.3) is 0 Å². The molecular weight excluding hydrogens is 482 g/mol. The molecule has 1 aromatic rings. The van der Waals surface area contributed by atoms with Crippen molar-refractivity contribution < 1.29 is 24.3 Å². The SMILES string of the molecule is CC(C)CC(N)C(=O)N1CCCC1C(=O)NC(Cc1cnc[nH]1)C(=O)NC(CCCN=C(N)N)C(=O)O. The monoisotopic (exact) mass is 521 g/mol. The van der Waals surface area contributed by atoms with Crippen LogP contribution in [0.2, 0.25) is 0 Å². The molecule has 14 nitrogen and oxygen atoms in total. The number of aliphatic imine (C=N–C) groups is 1. The van der Waals surface area contributed by atoms with E-state index in [4.69, 9.17) is 17.2 Å². The fourth-order valence-corrected chi connectivity index (χ4v) is 4.25. The summed E-state index contributed by atoms with van der Waals surface area (Å²) < 4.78 is 0. The van der Waals surface area contributed by atoms with Gasteiger partial charge in [-0.05, 0) is 38.0 Å². The molecule has 0 radical (unpaired) electrons. The fourth-order valence-electron chi connectivity index (χ4n) is 4.25. The first-order valence-corrected chi connectivity index (χ1v) is 12.4. The maximum absolute atomic E-state index is 13.2. The van der Waals surface area contributed by atoms with Gasteiger partial charge in [0.15, 0.2) is 5.96 Å². The van der Waals surface area contributed by atoms with Gasteiger partial charge < -0.3 is 42.8 Å². The third kappa shape index (κ3) is 9.37. The quantitative estimate of drug-likeness (QED) is 0.0848. The number of aromatic amines is 1. The van der Waals surface area contributed by atoms with Gasteiger partial charge in [-0.15, -0.1) is 0 Å². The van der Waals surface area contributed by atoms with Gasteiger partial charge in [0.05, 0.1) is 12.4 Å². The Morgan fingerprint density at radius 1 is 1.24 bits per heavy atom. The van der Waals surface area contributed by atoms with Crippen LogP contribution in [0.15, 0.2) is 17.5 Å². The molecule has 4 unspecified atom stereocenters. The number of carbonyl (C=O) groups excluding carboxylic acids is 3. The number of nitrogens with zero attached hydrogens (tertiary/aromatic N) is 3. The molecule has 1 aromatic heterocycles. The van der Waals surface area contributed by atoms with Crippen molar-refractivity contribution in [2.24, 2.45) is 28.1 Å². The summed E-state index contributed by atoms with van der Waals surface area (Å²) in [7, 11) is 0. The van der Waals surface area contributed by atoms with E-state index in [1.54, 1.807) is 0 Å². The van der Waals surface area contributed by atoms with Crippen LogP contribution < -0.4 is 27.8 Å². The number of H-pyrrole nitrogens is 1. The Morgan fingerprint density at radius 3 is 2.57 bits per heavy atom. The molecule has 1 fully saturated rings. The largest absolute Gasteiger partial charge is 0.480 e. The smallest absolute Gasteiger partial charge is 0.326 e. The zero-order valence-corrected chi connectivity index (χ0v) is 21.4. The number of aromatic nitrogens is 2. The molecule has 206 valence electrons. The highest BCUT2D eigenvalue weighted by molar-refractivity contribution is 5.94. The lowest BCUT2D eigenvalue weighted by atomic mass is 10.0. The molecule has 4 atom stereocenters. The van der Waals surface area contributed by atoms with Gasteiger partial charge in [0.2, 0.25) is 17.7 Å². The Bertz CT molecular complexity index is 946. The number of carboxylic acids is 1. The number of likely N-dealkylation sites (tertiary alicyclic amines) is 1. The van der Waals surface area contributed by atoms with Crippen molar-refractivity contribution >= 4 is 29.7 Å². The second-order valence-electron chi connectivity index (χ2n) is 9.62. The van der Waals surface area contributed by atoms with Gasteiger partial charge >= 0.3 is 5.97 Å². The topological polar surface area (TPSA) is 235 Å². The number of hydrogen-bond acceptors (Lipinski definition) is 7. The van der Waals surface area contributed by atoms with Crippen LogP contribution in [0.1, 0.15) is 51.6 Å². The number of aliphatic carboxylic acids is 1. The van der Waals surface area contributed by atoms with Gasteiger partial charge in [-0.1, -0.05) is 13.8 Å². The van der Waals surface area contributed by atoms with Crippen LogP contribution in [0, 0.1) is 5.92 Å². The fraction of sp³-hybridized carbons (Fsp3) is 0.652. The standard InChI is InChI=1S/C23H39N9O5/c1-13(2)9-15(24)21(35)32-8-4-6-18(32)20(34)31-17(10-14-11-27-12-29-14)19(33)30-16(22(36)37)5-3-7-28-23(25)26/h11-13,15-18H,3-10,24H2,1-2H3,(H,27,29)(H,30,33)(H,31,34)(H,36,37)(H4,25,26,28). The van der Waals surface area contributed by atoms with E-state index in [0.29, 0.717) is 37.9 Å². The van der Waals surface area contributed by atoms with E-state index >= 15 is 0 Å². The highest BCUT2D eigenvalue weighted by atomic mass is 16.4. The lowest BCUT2D eigenvalue weighted by molar-refractivity contribution is -0.143. The number of nitrogens with two attached hydrogens (primary N) is 3. The first-order valence-electron chi connectivity index (χ1n) is 12.4. The lowest BCUT2D eigenvalue weighted by Gasteiger charge is -2.29. The third-order valence-electron chi connectivity index (χ3n) is 6.05. The van der Waals surface area contributed by atoms with Crippen LogP contribution in [0.4, 0.5) is 0 Å². The average molecular weight is 522 g/mol. The van der Waals surface area contributed by atoms with E-state index in [0.717, 1.165) is 0 Å². The summed E-state index contributed by atoms with van der Waals surface area (Å²) in [6.45, 7) is 4.54. The van der Waals surface area contributed by atoms with Gasteiger partial charge in [-0.25, -0.2) is 9.78 Å². The Labute approximate surface area is 215 Å². The molecule has 0 aromatic carbocycles. The van der Waals surface area contributed by atoms with Crippen molar-refractivity contribution in [2.75, 3.05) is 13.1 Å². The summed E-state index contributed by atoms with van der Waals surface area (Å²) in [4.78, 5) is 63.1. The van der Waals surface area contributed by atoms with Crippen molar-refractivity contribution in [1.29, 1.82) is 0 Å². The van der Waals surface area contributed by atoms with Crippen LogP contribution >= 0.6 is 0 Å². The molecule has 0 bridgehead atoms. The lowest BCUT2D eigenvalue weighted by Crippen LogP contribution is -2.57. The highest BCUT2D eigenvalue weighted by Gasteiger charge is 2.38. The summed E-state index contributed by atoms with van der Waals surface area (Å²) in [5.74, 6) is -2.59. The number of guanidine groups is 1. The van der Waals surface area contributed by atoms with Crippen molar-refractivity contribution in [3.63, 3.8) is 0 Å². The Kier molecular flexibility index (Phi) is 11.3. The minimum Gasteiger partial charge on any atom is -0.480 e. The summed E-state index contributed by atoms with van der Waals surface area (Å²) in [6.07, 6.45) is 4.96. The van der Waals surface area contributed by atoms with Crippen molar-refractivity contribution in [2.45, 2.75) is 76.5 Å². The maximum Gasteiger partial charge on any atom is 0.326 e. The number of imidazole rings is 1. The van der Waals surface area contributed by atoms with Crippen molar-refractivity contribution in [3.05, 3.63) is 18.2 Å². The Balaban J connectivity index is 2.11. The van der Waals surface area contributed by atoms with Crippen molar-refractivity contribution in [1.82, 2.24) is 25.5 Å². The zero-order valence-electron chi connectivity index (χ0n) is 21.4. The molecular formula is C23H39N9O5. The Morgan fingerprint density at radius 2 is 1.97 bits per heavy atom. The molecule has 2 rings (SSSR count). The molecule has 1 aliphatic heterocycles. The summed E-state index contributed by atoms with van der Waals surface area (Å²) in [5, 5.41) is 14.8. The number of rotatable bonds is 14. The normalized spacial score (nSPS) is 17.6. The molecule has 1 saturated heterocycles. The molecule has 37 heavy (non-hydrogen) atoms. The number of carboxylic acid groups (broad SMARTS) is 1. The third-order valence-corrected chi connectivity index (χ3v) is 6.05. The van der Waals surface area contributed by atoms with E-state index in [-0.39, 0.29) is 37.2 Å².